The van der Waals surface area contributed by atoms with Crippen molar-refractivity contribution in [2.75, 3.05) is 6.61 Å². The maximum Gasteiger partial charge on any atom is 0.402 e. The molecule has 17 heavy (non-hydrogen) atoms. The molecule has 12 nitrogen and oxygen atoms in total. The number of carbonyl (C=O) groups excluding carboxylic acids is 1. The largest absolute Gasteiger partial charge is 0.402 e. The Labute approximate surface area is 92.2 Å². The predicted octanol–water partition coefficient (Wildman–Crippen LogP) is -2.64. The van der Waals surface area contributed by atoms with Crippen LogP contribution in [-0.2, 0) is 14.5 Å². The summed E-state index contributed by atoms with van der Waals surface area (Å²) < 4.78 is 0. The molecule has 0 rings (SSSR count). The van der Waals surface area contributed by atoms with Crippen LogP contribution in [0.1, 0.15) is 6.92 Å². The number of aliphatic hydroxyl groups is 3. The van der Waals surface area contributed by atoms with Crippen LogP contribution in [0.2, 0.25) is 0 Å². The Morgan fingerprint density at radius 2 is 1.59 bits per heavy atom. The first-order chi connectivity index (χ1) is 7.59. The number of ketones is 1. The molecule has 0 aliphatic rings. The molecule has 0 aromatic heterocycles. The van der Waals surface area contributed by atoms with Crippen LogP contribution in [0.5, 0.6) is 0 Å². The highest BCUT2D eigenvalue weighted by molar-refractivity contribution is 5.85. The van der Waals surface area contributed by atoms with Gasteiger partial charge in [-0.2, -0.15) is 0 Å². The average Bonchev–Trinajstić information content (AvgIpc) is 2.12. The Bertz CT molecular complexity index is 326. The van der Waals surface area contributed by atoms with E-state index in [2.05, 4.69) is 9.68 Å². The van der Waals surface area contributed by atoms with Crippen LogP contribution < -0.4 is 0 Å². The lowest BCUT2D eigenvalue weighted by Gasteiger charge is -2.35. The minimum atomic E-state index is -3.97. The fourth-order valence-corrected chi connectivity index (χ4v) is 0.803. The Balaban J connectivity index is 5.48. The zero-order valence-electron chi connectivity index (χ0n) is 8.30. The number of rotatable bonds is 7. The normalized spacial score (nSPS) is 14.6. The summed E-state index contributed by atoms with van der Waals surface area (Å²) >= 11 is 0. The smallest absolute Gasteiger partial charge is 0.393 e. The van der Waals surface area contributed by atoms with Gasteiger partial charge >= 0.3 is 5.97 Å². The summed E-state index contributed by atoms with van der Waals surface area (Å²) in [4.78, 5) is 37.6. The number of hydrogen-bond donors (Lipinski definition) is 3. The third-order valence-electron chi connectivity index (χ3n) is 1.73. The molecule has 0 saturated carbocycles. The molecule has 1 unspecified atom stereocenters. The summed E-state index contributed by atoms with van der Waals surface area (Å²) in [5.41, 5.74) is -3.40. The second-order valence-corrected chi connectivity index (χ2v) is 2.79. The fraction of sp³-hybridized carbons (Fsp3) is 0.800. The number of carbonyl (C=O) groups is 1. The topological polar surface area (TPSA) is 182 Å². The highest BCUT2D eigenvalue weighted by atomic mass is 17.1. The number of Topliss-reactive ketones (excluding diaryl/α,β-unsaturated/α-hetero) is 1. The molecule has 0 saturated heterocycles. The molecule has 1 atom stereocenters. The minimum Gasteiger partial charge on any atom is -0.393 e. The third kappa shape index (κ3) is 2.96. The van der Waals surface area contributed by atoms with Crippen molar-refractivity contribution in [3.8, 4) is 0 Å². The Morgan fingerprint density at radius 3 is 1.76 bits per heavy atom. The lowest BCUT2D eigenvalue weighted by atomic mass is 9.97. The molecule has 12 heteroatoms. The quantitative estimate of drug-likeness (QED) is 0.247. The maximum atomic E-state index is 10.9. The molecule has 0 radical (unpaired) electrons. The minimum absolute atomic E-state index is 0.591. The van der Waals surface area contributed by atoms with Gasteiger partial charge in [0.05, 0.1) is 6.61 Å². The highest BCUT2D eigenvalue weighted by Crippen LogP contribution is 2.26. The van der Waals surface area contributed by atoms with E-state index in [4.69, 9.17) is 5.11 Å². The maximum absolute atomic E-state index is 10.9. The van der Waals surface area contributed by atoms with Crippen molar-refractivity contribution in [2.24, 2.45) is 0 Å². The summed E-state index contributed by atoms with van der Waals surface area (Å²) in [6, 6.07) is 0. The highest BCUT2D eigenvalue weighted by Gasteiger charge is 2.60. The van der Waals surface area contributed by atoms with E-state index in [1.165, 1.54) is 0 Å². The Kier molecular flexibility index (Phi) is 4.27. The van der Waals surface area contributed by atoms with Gasteiger partial charge in [-0.1, -0.05) is 0 Å². The van der Waals surface area contributed by atoms with Gasteiger partial charge in [0, 0.05) is 0 Å². The van der Waals surface area contributed by atoms with E-state index >= 15 is 0 Å². The van der Waals surface area contributed by atoms with Crippen LogP contribution in [0, 0.1) is 20.2 Å². The summed E-state index contributed by atoms with van der Waals surface area (Å²) in [6.45, 7) is -1.02. The van der Waals surface area contributed by atoms with Crippen LogP contribution in [0.3, 0.4) is 0 Å². The number of aliphatic hydroxyl groups excluding tert-OH is 1. The molecule has 0 bridgehead atoms. The van der Waals surface area contributed by atoms with Gasteiger partial charge in [0.1, 0.15) is 0 Å². The van der Waals surface area contributed by atoms with Gasteiger partial charge < -0.3 is 15.3 Å². The van der Waals surface area contributed by atoms with Crippen molar-refractivity contribution >= 4 is 5.78 Å². The van der Waals surface area contributed by atoms with Gasteiger partial charge in [-0.25, -0.2) is 9.68 Å². The average molecular weight is 256 g/mol. The second kappa shape index (κ2) is 4.86. The molecular weight excluding hydrogens is 248 g/mol. The summed E-state index contributed by atoms with van der Waals surface area (Å²) in [6.07, 6.45) is 0. The van der Waals surface area contributed by atoms with Crippen LogP contribution in [-0.4, -0.2) is 49.5 Å². The molecule has 0 aliphatic carbocycles. The molecule has 0 spiro atoms. The molecule has 0 heterocycles. The van der Waals surface area contributed by atoms with Crippen molar-refractivity contribution < 1.29 is 40.0 Å². The van der Waals surface area contributed by atoms with E-state index in [-0.39, 0.29) is 0 Å². The number of hydrogen-bond acceptors (Lipinski definition) is 10. The zero-order valence-corrected chi connectivity index (χ0v) is 8.30. The SMILES string of the molecule is CC(=O)C(O)(CO)C(O)(O[N+](=O)[O-])O[N+](=O)[O-]. The van der Waals surface area contributed by atoms with Gasteiger partial charge in [0.25, 0.3) is 10.2 Å². The van der Waals surface area contributed by atoms with Crippen LogP contribution in [0.4, 0.5) is 0 Å². The first kappa shape index (κ1) is 14.9. The van der Waals surface area contributed by atoms with E-state index in [9.17, 15) is 35.2 Å². The molecule has 0 fully saturated rings. The standard InChI is InChI=1S/C5H8N2O10/c1-3(9)4(10,2-8)5(11,16-6(12)13)17-7(14)15/h8,10-11H,2H2,1H3. The zero-order chi connectivity index (χ0) is 13.9. The summed E-state index contributed by atoms with van der Waals surface area (Å²) in [5.74, 6) is -5.42. The molecule has 0 amide bonds. The van der Waals surface area contributed by atoms with Gasteiger partial charge in [-0.15, -0.1) is 20.2 Å². The van der Waals surface area contributed by atoms with E-state index in [0.29, 0.717) is 6.92 Å². The molecular formula is C5H8N2O10. The molecule has 98 valence electrons. The van der Waals surface area contributed by atoms with Crippen LogP contribution in [0.25, 0.3) is 0 Å². The van der Waals surface area contributed by atoms with Gasteiger partial charge in [-0.05, 0) is 6.92 Å². The van der Waals surface area contributed by atoms with Crippen molar-refractivity contribution in [1.82, 2.24) is 0 Å². The summed E-state index contributed by atoms with van der Waals surface area (Å²) in [7, 11) is 0. The van der Waals surface area contributed by atoms with E-state index in [1.807, 2.05) is 0 Å². The van der Waals surface area contributed by atoms with Crippen molar-refractivity contribution in [3.63, 3.8) is 0 Å². The van der Waals surface area contributed by atoms with E-state index in [1.54, 1.807) is 0 Å². The van der Waals surface area contributed by atoms with E-state index in [0.717, 1.165) is 0 Å². The van der Waals surface area contributed by atoms with Crippen molar-refractivity contribution in [1.29, 1.82) is 0 Å². The van der Waals surface area contributed by atoms with Crippen LogP contribution in [0.15, 0.2) is 0 Å². The first-order valence-electron chi connectivity index (χ1n) is 3.82. The van der Waals surface area contributed by atoms with E-state index < -0.39 is 34.1 Å². The number of nitrogens with zero attached hydrogens (tertiary/aromatic N) is 2. The Morgan fingerprint density at radius 1 is 1.24 bits per heavy atom. The van der Waals surface area contributed by atoms with Gasteiger partial charge in [0.15, 0.2) is 5.78 Å². The first-order valence-corrected chi connectivity index (χ1v) is 3.82. The van der Waals surface area contributed by atoms with Crippen molar-refractivity contribution in [3.05, 3.63) is 20.2 Å². The summed E-state index contributed by atoms with van der Waals surface area (Å²) in [5, 5.41) is 43.9. The van der Waals surface area contributed by atoms with Gasteiger partial charge in [-0.3, -0.25) is 4.79 Å². The monoisotopic (exact) mass is 256 g/mol. The van der Waals surface area contributed by atoms with Crippen LogP contribution >= 0.6 is 0 Å². The lowest BCUT2D eigenvalue weighted by molar-refractivity contribution is -0.901. The molecule has 0 aromatic rings. The third-order valence-corrected chi connectivity index (χ3v) is 1.73. The Hall–Kier alpha value is -2.05. The molecule has 0 aromatic carbocycles. The van der Waals surface area contributed by atoms with Gasteiger partial charge in [0.2, 0.25) is 5.60 Å². The molecule has 0 aliphatic heterocycles. The second-order valence-electron chi connectivity index (χ2n) is 2.79. The van der Waals surface area contributed by atoms with Crippen molar-refractivity contribution in [2.45, 2.75) is 18.5 Å². The molecule has 3 N–H and O–H groups in total. The predicted molar refractivity (Wildman–Crippen MR) is 43.8 cm³/mol. The fourth-order valence-electron chi connectivity index (χ4n) is 0.803. The lowest BCUT2D eigenvalue weighted by Crippen LogP contribution is -2.65.